The van der Waals surface area contributed by atoms with E-state index in [9.17, 15) is 18.0 Å². The first-order chi connectivity index (χ1) is 15.9. The quantitative estimate of drug-likeness (QED) is 0.609. The van der Waals surface area contributed by atoms with E-state index in [2.05, 4.69) is 14.7 Å². The second-order valence-electron chi connectivity index (χ2n) is 7.35. The van der Waals surface area contributed by atoms with E-state index in [0.29, 0.717) is 43.7 Å². The molecule has 1 aromatic carbocycles. The van der Waals surface area contributed by atoms with Gasteiger partial charge in [-0.25, -0.2) is 18.2 Å². The van der Waals surface area contributed by atoms with E-state index in [1.54, 1.807) is 41.0 Å². The summed E-state index contributed by atoms with van der Waals surface area (Å²) in [6, 6.07) is 11.4. The van der Waals surface area contributed by atoms with Crippen LogP contribution in [-0.4, -0.2) is 73.0 Å². The smallest absolute Gasteiger partial charge is 0.409 e. The van der Waals surface area contributed by atoms with Crippen molar-refractivity contribution >= 4 is 38.6 Å². The Morgan fingerprint density at radius 3 is 2.42 bits per heavy atom. The molecule has 1 saturated heterocycles. The summed E-state index contributed by atoms with van der Waals surface area (Å²) in [5.74, 6) is -0.286. The number of aromatic nitrogens is 2. The van der Waals surface area contributed by atoms with Gasteiger partial charge in [0, 0.05) is 37.8 Å². The lowest BCUT2D eigenvalue weighted by atomic mass is 10.2. The van der Waals surface area contributed by atoms with Gasteiger partial charge in [-0.2, -0.15) is 0 Å². The van der Waals surface area contributed by atoms with Crippen molar-refractivity contribution in [2.45, 2.75) is 11.8 Å². The fourth-order valence-electron chi connectivity index (χ4n) is 3.55. The largest absolute Gasteiger partial charge is 0.450 e. The van der Waals surface area contributed by atoms with Gasteiger partial charge in [0.25, 0.3) is 15.9 Å². The number of para-hydroxylation sites is 1. The summed E-state index contributed by atoms with van der Waals surface area (Å²) in [4.78, 5) is 36.1. The SMILES string of the molecule is CCOC(=O)N1CCN(C(=O)c2ccc(NS(=O)(=O)c3cccc4cccnc34)cn2)CC1. The minimum atomic E-state index is -3.91. The summed E-state index contributed by atoms with van der Waals surface area (Å²) in [7, 11) is -3.91. The molecule has 1 aliphatic rings. The highest BCUT2D eigenvalue weighted by Crippen LogP contribution is 2.23. The van der Waals surface area contributed by atoms with Crippen molar-refractivity contribution in [1.29, 1.82) is 0 Å². The molecule has 172 valence electrons. The number of nitrogens with one attached hydrogen (secondary N) is 1. The third-order valence-corrected chi connectivity index (χ3v) is 6.63. The van der Waals surface area contributed by atoms with Gasteiger partial charge in [0.05, 0.1) is 24.0 Å². The molecule has 2 amide bonds. The predicted octanol–water partition coefficient (Wildman–Crippen LogP) is 2.34. The molecular weight excluding hydrogens is 446 g/mol. The molecule has 1 fully saturated rings. The van der Waals surface area contributed by atoms with Crippen molar-refractivity contribution in [2.24, 2.45) is 0 Å². The van der Waals surface area contributed by atoms with Crippen LogP contribution in [0.4, 0.5) is 10.5 Å². The van der Waals surface area contributed by atoms with Crippen LogP contribution in [0, 0.1) is 0 Å². The molecule has 33 heavy (non-hydrogen) atoms. The maximum Gasteiger partial charge on any atom is 0.409 e. The van der Waals surface area contributed by atoms with Gasteiger partial charge in [0.2, 0.25) is 0 Å². The zero-order valence-corrected chi connectivity index (χ0v) is 18.8. The number of carbonyl (C=O) groups is 2. The maximum absolute atomic E-state index is 12.9. The van der Waals surface area contributed by atoms with Crippen molar-refractivity contribution in [3.63, 3.8) is 0 Å². The fourth-order valence-corrected chi connectivity index (χ4v) is 4.78. The van der Waals surface area contributed by atoms with Crippen LogP contribution in [0.1, 0.15) is 17.4 Å². The number of piperazine rings is 1. The highest BCUT2D eigenvalue weighted by atomic mass is 32.2. The number of hydrogen-bond donors (Lipinski definition) is 1. The summed E-state index contributed by atoms with van der Waals surface area (Å²) >= 11 is 0. The summed E-state index contributed by atoms with van der Waals surface area (Å²) < 4.78 is 33.3. The molecule has 4 rings (SSSR count). The number of amides is 2. The van der Waals surface area contributed by atoms with E-state index in [1.807, 2.05) is 0 Å². The van der Waals surface area contributed by atoms with Crippen molar-refractivity contribution in [1.82, 2.24) is 19.8 Å². The monoisotopic (exact) mass is 469 g/mol. The number of carbonyl (C=O) groups excluding carboxylic acids is 2. The van der Waals surface area contributed by atoms with Gasteiger partial charge in [-0.15, -0.1) is 0 Å². The first-order valence-corrected chi connectivity index (χ1v) is 11.9. The lowest BCUT2D eigenvalue weighted by molar-refractivity contribution is 0.0566. The Morgan fingerprint density at radius 2 is 1.73 bits per heavy atom. The standard InChI is InChI=1S/C22H23N5O5S/c1-2-32-22(29)27-13-11-26(12-14-27)21(28)18-9-8-17(15-24-18)25-33(30,31)19-7-3-5-16-6-4-10-23-20(16)19/h3-10,15,25H,2,11-14H2,1H3. The second-order valence-corrected chi connectivity index (χ2v) is 9.00. The first kappa shape index (κ1) is 22.5. The molecular formula is C22H23N5O5S. The van der Waals surface area contributed by atoms with Crippen LogP contribution < -0.4 is 4.72 Å². The molecule has 0 aliphatic carbocycles. The molecule has 3 aromatic rings. The maximum atomic E-state index is 12.9. The number of pyridine rings is 2. The third-order valence-electron chi connectivity index (χ3n) is 5.21. The van der Waals surface area contributed by atoms with E-state index in [0.717, 1.165) is 0 Å². The number of ether oxygens (including phenoxy) is 1. The average molecular weight is 470 g/mol. The number of benzene rings is 1. The number of sulfonamides is 1. The molecule has 0 bridgehead atoms. The lowest BCUT2D eigenvalue weighted by Gasteiger charge is -2.33. The molecule has 0 atom stereocenters. The Balaban J connectivity index is 1.43. The van der Waals surface area contributed by atoms with Crippen LogP contribution in [-0.2, 0) is 14.8 Å². The van der Waals surface area contributed by atoms with Crippen LogP contribution in [0.2, 0.25) is 0 Å². The van der Waals surface area contributed by atoms with Gasteiger partial charge in [-0.3, -0.25) is 14.5 Å². The first-order valence-electron chi connectivity index (χ1n) is 10.4. The molecule has 11 heteroatoms. The van der Waals surface area contributed by atoms with Crippen LogP contribution >= 0.6 is 0 Å². The van der Waals surface area contributed by atoms with Crippen LogP contribution in [0.3, 0.4) is 0 Å². The molecule has 0 saturated carbocycles. The molecule has 2 aromatic heterocycles. The topological polar surface area (TPSA) is 122 Å². The lowest BCUT2D eigenvalue weighted by Crippen LogP contribution is -2.50. The van der Waals surface area contributed by atoms with Crippen molar-refractivity contribution < 1.29 is 22.7 Å². The van der Waals surface area contributed by atoms with Gasteiger partial charge < -0.3 is 14.5 Å². The molecule has 0 radical (unpaired) electrons. The average Bonchev–Trinajstić information content (AvgIpc) is 2.84. The van der Waals surface area contributed by atoms with E-state index in [1.165, 1.54) is 30.6 Å². The Morgan fingerprint density at radius 1 is 1.00 bits per heavy atom. The Kier molecular flexibility index (Phi) is 6.40. The van der Waals surface area contributed by atoms with E-state index in [-0.39, 0.29) is 28.3 Å². The number of fused-ring (bicyclic) bond motifs is 1. The van der Waals surface area contributed by atoms with Gasteiger partial charge in [0.15, 0.2) is 0 Å². The third kappa shape index (κ3) is 4.87. The minimum absolute atomic E-state index is 0.0558. The fraction of sp³-hybridized carbons (Fsp3) is 0.273. The molecule has 0 spiro atoms. The Bertz CT molecular complexity index is 1270. The molecule has 0 unspecified atom stereocenters. The minimum Gasteiger partial charge on any atom is -0.450 e. The highest BCUT2D eigenvalue weighted by Gasteiger charge is 2.26. The Labute approximate surface area is 191 Å². The van der Waals surface area contributed by atoms with Gasteiger partial charge >= 0.3 is 6.09 Å². The number of rotatable bonds is 5. The highest BCUT2D eigenvalue weighted by molar-refractivity contribution is 7.93. The van der Waals surface area contributed by atoms with Crippen LogP contribution in [0.5, 0.6) is 0 Å². The number of hydrogen-bond acceptors (Lipinski definition) is 7. The number of nitrogens with zero attached hydrogens (tertiary/aromatic N) is 4. The van der Waals surface area contributed by atoms with Gasteiger partial charge in [-0.1, -0.05) is 18.2 Å². The predicted molar refractivity (Wildman–Crippen MR) is 121 cm³/mol. The van der Waals surface area contributed by atoms with E-state index >= 15 is 0 Å². The van der Waals surface area contributed by atoms with Crippen molar-refractivity contribution in [3.8, 4) is 0 Å². The normalized spacial score (nSPS) is 14.2. The summed E-state index contributed by atoms with van der Waals surface area (Å²) in [6.45, 7) is 3.52. The second kappa shape index (κ2) is 9.41. The zero-order chi connectivity index (χ0) is 23.4. The number of anilines is 1. The zero-order valence-electron chi connectivity index (χ0n) is 18.0. The van der Waals surface area contributed by atoms with Crippen LogP contribution in [0.15, 0.2) is 59.8 Å². The summed E-state index contributed by atoms with van der Waals surface area (Å²) in [6.07, 6.45) is 2.45. The van der Waals surface area contributed by atoms with Crippen LogP contribution in [0.25, 0.3) is 10.9 Å². The van der Waals surface area contributed by atoms with E-state index in [4.69, 9.17) is 4.74 Å². The van der Waals surface area contributed by atoms with Crippen molar-refractivity contribution in [3.05, 3.63) is 60.6 Å². The Hall–Kier alpha value is -3.73. The summed E-state index contributed by atoms with van der Waals surface area (Å²) in [5, 5.41) is 0.711. The molecule has 1 N–H and O–H groups in total. The molecule has 3 heterocycles. The summed E-state index contributed by atoms with van der Waals surface area (Å²) in [5.41, 5.74) is 0.787. The molecule has 10 nitrogen and oxygen atoms in total. The van der Waals surface area contributed by atoms with Crippen molar-refractivity contribution in [2.75, 3.05) is 37.5 Å². The van der Waals surface area contributed by atoms with E-state index < -0.39 is 10.0 Å². The van der Waals surface area contributed by atoms with Gasteiger partial charge in [-0.05, 0) is 31.2 Å². The van der Waals surface area contributed by atoms with Gasteiger partial charge in [0.1, 0.15) is 10.6 Å². The molecule has 1 aliphatic heterocycles.